The minimum atomic E-state index is -1.90. The van der Waals surface area contributed by atoms with Crippen LogP contribution in [0.3, 0.4) is 0 Å². The van der Waals surface area contributed by atoms with Crippen molar-refractivity contribution in [1.29, 1.82) is 0 Å². The third-order valence-corrected chi connectivity index (χ3v) is 15.7. The highest BCUT2D eigenvalue weighted by atomic mass is 32.3. The summed E-state index contributed by atoms with van der Waals surface area (Å²) in [4.78, 5) is 18.1. The molecule has 3 nitrogen and oxygen atoms in total. The fourth-order valence-electron chi connectivity index (χ4n) is 8.16. The largest absolute Gasteiger partial charge is 0.294 e. The molecular formula is C52H39N3S2. The lowest BCUT2D eigenvalue weighted by molar-refractivity contribution is 1.08. The van der Waals surface area contributed by atoms with Crippen molar-refractivity contribution in [2.75, 3.05) is 9.80 Å². The van der Waals surface area contributed by atoms with Crippen LogP contribution in [-0.4, -0.2) is 4.98 Å². The minimum absolute atomic E-state index is 0.851. The molecule has 0 saturated carbocycles. The van der Waals surface area contributed by atoms with E-state index in [0.29, 0.717) is 0 Å². The van der Waals surface area contributed by atoms with Gasteiger partial charge < -0.3 is 0 Å². The van der Waals surface area contributed by atoms with Crippen LogP contribution in [0, 0.1) is 6.92 Å². The Balaban J connectivity index is 1.26. The Kier molecular flexibility index (Phi) is 9.10. The zero-order valence-electron chi connectivity index (χ0n) is 31.4. The van der Waals surface area contributed by atoms with E-state index in [2.05, 4.69) is 235 Å². The van der Waals surface area contributed by atoms with Crippen molar-refractivity contribution < 1.29 is 0 Å². The summed E-state index contributed by atoms with van der Waals surface area (Å²) in [7, 11) is -1.90. The van der Waals surface area contributed by atoms with E-state index >= 15 is 0 Å². The third kappa shape index (κ3) is 5.99. The van der Waals surface area contributed by atoms with Gasteiger partial charge in [-0.1, -0.05) is 145 Å². The fourth-order valence-corrected chi connectivity index (χ4v) is 13.3. The van der Waals surface area contributed by atoms with Crippen molar-refractivity contribution in [3.8, 4) is 0 Å². The molecule has 0 bridgehead atoms. The summed E-state index contributed by atoms with van der Waals surface area (Å²) in [5.41, 5.74) is 5.60. The first-order valence-electron chi connectivity index (χ1n) is 19.2. The van der Waals surface area contributed by atoms with Crippen molar-refractivity contribution in [3.63, 3.8) is 0 Å². The smallest absolute Gasteiger partial charge is 0.148 e. The number of nitrogens with zero attached hydrogens (tertiary/aromatic N) is 3. The zero-order chi connectivity index (χ0) is 38.2. The molecule has 0 saturated heterocycles. The van der Waals surface area contributed by atoms with Crippen molar-refractivity contribution >= 4 is 66.9 Å². The molecule has 0 radical (unpaired) electrons. The van der Waals surface area contributed by atoms with Gasteiger partial charge in [-0.3, -0.25) is 9.80 Å². The summed E-state index contributed by atoms with van der Waals surface area (Å²) < 4.78 is 0. The van der Waals surface area contributed by atoms with E-state index in [0.717, 1.165) is 50.1 Å². The number of hydrogen-bond acceptors (Lipinski definition) is 4. The quantitative estimate of drug-likeness (QED) is 0.153. The highest BCUT2D eigenvalue weighted by molar-refractivity contribution is 8.34. The summed E-state index contributed by atoms with van der Waals surface area (Å²) in [6.45, 7) is 2.18. The van der Waals surface area contributed by atoms with E-state index in [-0.39, 0.29) is 0 Å². The Hall–Kier alpha value is -6.53. The molecule has 0 N–H and O–H groups in total. The van der Waals surface area contributed by atoms with Crippen LogP contribution in [0.5, 0.6) is 0 Å². The van der Waals surface area contributed by atoms with Crippen molar-refractivity contribution in [3.05, 3.63) is 224 Å². The molecule has 0 spiro atoms. The summed E-state index contributed by atoms with van der Waals surface area (Å²) in [5, 5.41) is 2.21. The zero-order valence-corrected chi connectivity index (χ0v) is 33.1. The summed E-state index contributed by atoms with van der Waals surface area (Å²) in [6.07, 6.45) is 0. The number of aryl methyl sites for hydroxylation is 1. The Morgan fingerprint density at radius 1 is 0.491 bits per heavy atom. The molecule has 0 amide bonds. The van der Waals surface area contributed by atoms with Crippen LogP contribution in [0.4, 0.5) is 34.4 Å². The number of para-hydroxylation sites is 4. The maximum absolute atomic E-state index is 5.81. The molecule has 1 aromatic heterocycles. The van der Waals surface area contributed by atoms with Gasteiger partial charge in [-0.25, -0.2) is 4.98 Å². The molecule has 0 unspecified atom stereocenters. The monoisotopic (exact) mass is 769 g/mol. The van der Waals surface area contributed by atoms with E-state index in [1.807, 2.05) is 0 Å². The predicted molar refractivity (Wildman–Crippen MR) is 240 cm³/mol. The molecular weight excluding hydrogens is 731 g/mol. The van der Waals surface area contributed by atoms with Gasteiger partial charge >= 0.3 is 0 Å². The van der Waals surface area contributed by atoms with E-state index < -0.39 is 10.0 Å². The molecule has 1 aliphatic rings. The van der Waals surface area contributed by atoms with Crippen LogP contribution < -0.4 is 9.80 Å². The molecule has 0 fully saturated rings. The number of pyridine rings is 1. The minimum Gasteiger partial charge on any atom is -0.294 e. The maximum atomic E-state index is 5.81. The van der Waals surface area contributed by atoms with Gasteiger partial charge in [0.05, 0.1) is 22.7 Å². The van der Waals surface area contributed by atoms with Gasteiger partial charge in [0, 0.05) is 34.8 Å². The number of benzene rings is 8. The summed E-state index contributed by atoms with van der Waals surface area (Å²) in [5.74, 6) is 1.74. The summed E-state index contributed by atoms with van der Waals surface area (Å²) >= 11 is 1.77. The number of rotatable bonds is 8. The first-order valence-corrected chi connectivity index (χ1v) is 21.7. The van der Waals surface area contributed by atoms with E-state index in [1.165, 1.54) is 30.0 Å². The second-order valence-corrected chi connectivity index (χ2v) is 18.2. The standard InChI is InChI=1S/C52H39N3S2/c1-38-21-11-14-30-44(38)54(45-31-15-18-34-48(45)56-40-23-5-2-6-24-40)51-37-39-22-12-13-29-43(39)52(53-51)55-46-32-16-19-35-49(46)57(41-25-7-3-8-26-41,42-27-9-4-10-28-42)50-36-20-17-33-47(50)55/h2-37H,1H3. The Morgan fingerprint density at radius 2 is 1.00 bits per heavy atom. The topological polar surface area (TPSA) is 19.4 Å². The van der Waals surface area contributed by atoms with Crippen LogP contribution in [0.2, 0.25) is 0 Å². The molecule has 2 heterocycles. The van der Waals surface area contributed by atoms with Gasteiger partial charge in [0.15, 0.2) is 0 Å². The Morgan fingerprint density at radius 3 is 1.65 bits per heavy atom. The molecule has 0 aliphatic carbocycles. The molecule has 0 atom stereocenters. The molecule has 9 aromatic rings. The number of fused-ring (bicyclic) bond motifs is 3. The van der Waals surface area contributed by atoms with Gasteiger partial charge in [-0.15, -0.1) is 10.0 Å². The van der Waals surface area contributed by atoms with Crippen LogP contribution in [0.15, 0.2) is 248 Å². The predicted octanol–water partition coefficient (Wildman–Crippen LogP) is 15.3. The van der Waals surface area contributed by atoms with E-state index in [9.17, 15) is 0 Å². The maximum Gasteiger partial charge on any atom is 0.148 e. The van der Waals surface area contributed by atoms with Gasteiger partial charge in [0.2, 0.25) is 0 Å². The summed E-state index contributed by atoms with van der Waals surface area (Å²) in [6, 6.07) is 79.0. The molecule has 1 aliphatic heterocycles. The van der Waals surface area contributed by atoms with Crippen LogP contribution in [0.1, 0.15) is 5.56 Å². The third-order valence-electron chi connectivity index (χ3n) is 10.6. The van der Waals surface area contributed by atoms with Gasteiger partial charge in [0.25, 0.3) is 0 Å². The van der Waals surface area contributed by atoms with E-state index in [1.54, 1.807) is 11.8 Å². The van der Waals surface area contributed by atoms with Gasteiger partial charge in [-0.05, 0) is 103 Å². The van der Waals surface area contributed by atoms with E-state index in [4.69, 9.17) is 4.98 Å². The number of aromatic nitrogens is 1. The average Bonchev–Trinajstić information content (AvgIpc) is 3.27. The average molecular weight is 770 g/mol. The number of hydrogen-bond donors (Lipinski definition) is 0. The first kappa shape index (κ1) is 34.9. The van der Waals surface area contributed by atoms with Crippen LogP contribution in [0.25, 0.3) is 10.8 Å². The van der Waals surface area contributed by atoms with Crippen molar-refractivity contribution in [1.82, 2.24) is 4.98 Å². The van der Waals surface area contributed by atoms with Gasteiger partial charge in [-0.2, -0.15) is 0 Å². The van der Waals surface area contributed by atoms with Crippen molar-refractivity contribution in [2.24, 2.45) is 0 Å². The lowest BCUT2D eigenvalue weighted by atomic mass is 10.1. The molecule has 10 rings (SSSR count). The fraction of sp³-hybridized carbons (Fsp3) is 0.0192. The SMILES string of the molecule is Cc1ccccc1N(c1cc2ccccc2c(N2c3ccccc3S(c3ccccc3)(c3ccccc3)c3ccccc32)n1)c1ccccc1Sc1ccccc1. The Bertz CT molecular complexity index is 2770. The van der Waals surface area contributed by atoms with Crippen LogP contribution in [-0.2, 0) is 0 Å². The second kappa shape index (κ2) is 14.8. The molecule has 5 heteroatoms. The lowest BCUT2D eigenvalue weighted by Gasteiger charge is -2.49. The van der Waals surface area contributed by atoms with Gasteiger partial charge in [0.1, 0.15) is 11.6 Å². The second-order valence-electron chi connectivity index (χ2n) is 14.0. The Labute approximate surface area is 340 Å². The number of anilines is 6. The molecule has 57 heavy (non-hydrogen) atoms. The highest BCUT2D eigenvalue weighted by Crippen LogP contribution is 2.79. The normalized spacial score (nSPS) is 13.4. The first-order chi connectivity index (χ1) is 28.2. The molecule has 8 aromatic carbocycles. The lowest BCUT2D eigenvalue weighted by Crippen LogP contribution is -2.23. The van der Waals surface area contributed by atoms with Crippen molar-refractivity contribution in [2.45, 2.75) is 36.3 Å². The van der Waals surface area contributed by atoms with Crippen LogP contribution >= 0.6 is 21.8 Å². The highest BCUT2D eigenvalue weighted by Gasteiger charge is 2.43. The molecule has 274 valence electrons.